The maximum atomic E-state index is 14.0. The molecular weight excluding hydrogens is 517 g/mol. The van der Waals surface area contributed by atoms with Crippen LogP contribution in [-0.2, 0) is 19.6 Å². The second-order valence-corrected chi connectivity index (χ2v) is 9.90. The van der Waals surface area contributed by atoms with E-state index in [4.69, 9.17) is 9.47 Å². The summed E-state index contributed by atoms with van der Waals surface area (Å²) in [5.74, 6) is -13.3. The Hall–Kier alpha value is -3.62. The molecule has 3 N–H and O–H groups in total. The van der Waals surface area contributed by atoms with E-state index in [0.29, 0.717) is 0 Å². The highest BCUT2D eigenvalue weighted by molar-refractivity contribution is 7.92. The third-order valence-corrected chi connectivity index (χ3v) is 5.67. The molecule has 0 unspecified atom stereocenters. The summed E-state index contributed by atoms with van der Waals surface area (Å²) in [6, 6.07) is 2.01. The molecule has 2 rings (SSSR count). The number of ether oxygens (including phenoxy) is 2. The van der Waals surface area contributed by atoms with Crippen LogP contribution in [0.15, 0.2) is 23.1 Å². The van der Waals surface area contributed by atoms with Crippen LogP contribution in [0, 0.1) is 29.1 Å². The number of nitrogens with one attached hydrogen (secondary N) is 3. The first-order chi connectivity index (χ1) is 16.5. The fourth-order valence-corrected chi connectivity index (χ4v) is 3.88. The molecule has 15 heteroatoms. The summed E-state index contributed by atoms with van der Waals surface area (Å²) in [6.07, 6.45) is -0.888. The molecule has 0 heterocycles. The highest BCUT2D eigenvalue weighted by Crippen LogP contribution is 2.31. The Labute approximate surface area is 203 Å². The van der Waals surface area contributed by atoms with Crippen molar-refractivity contribution in [3.8, 4) is 5.75 Å². The standard InChI is InChI=1S/C21H22F5N3O6S/c1-9(27-20(31)35-21(2,3)4)19(30)28-11-8-10(6-7-12(11)34-5)29-36(32,33)18-16(25)14(23)13(22)15(24)17(18)26/h6-9,29H,1-5H3,(H,27,31)(H,28,30)/t9-/m0/s1. The van der Waals surface area contributed by atoms with Gasteiger partial charge in [-0.15, -0.1) is 0 Å². The molecular formula is C21H22F5N3O6S. The van der Waals surface area contributed by atoms with Gasteiger partial charge >= 0.3 is 6.09 Å². The van der Waals surface area contributed by atoms with Gasteiger partial charge in [-0.3, -0.25) is 9.52 Å². The van der Waals surface area contributed by atoms with E-state index in [1.165, 1.54) is 14.0 Å². The van der Waals surface area contributed by atoms with Gasteiger partial charge in [0.15, 0.2) is 28.2 Å². The van der Waals surface area contributed by atoms with Crippen LogP contribution < -0.4 is 20.1 Å². The van der Waals surface area contributed by atoms with Gasteiger partial charge in [-0.1, -0.05) is 0 Å². The smallest absolute Gasteiger partial charge is 0.408 e. The van der Waals surface area contributed by atoms with E-state index in [2.05, 4.69) is 10.6 Å². The van der Waals surface area contributed by atoms with Crippen LogP contribution in [0.5, 0.6) is 5.75 Å². The van der Waals surface area contributed by atoms with Crippen molar-refractivity contribution in [2.75, 3.05) is 17.1 Å². The Bertz CT molecular complexity index is 1270. The average Bonchev–Trinajstić information content (AvgIpc) is 2.74. The van der Waals surface area contributed by atoms with Gasteiger partial charge in [0.2, 0.25) is 11.7 Å². The number of benzene rings is 2. The Morgan fingerprint density at radius 1 is 0.944 bits per heavy atom. The summed E-state index contributed by atoms with van der Waals surface area (Å²) in [5.41, 5.74) is -1.41. The Kier molecular flexibility index (Phi) is 8.39. The van der Waals surface area contributed by atoms with Gasteiger partial charge in [0, 0.05) is 0 Å². The fraction of sp³-hybridized carbons (Fsp3) is 0.333. The van der Waals surface area contributed by atoms with Crippen molar-refractivity contribution >= 4 is 33.4 Å². The molecule has 0 saturated carbocycles. The quantitative estimate of drug-likeness (QED) is 0.277. The second-order valence-electron chi connectivity index (χ2n) is 8.28. The van der Waals surface area contributed by atoms with Crippen molar-refractivity contribution in [3.05, 3.63) is 47.3 Å². The van der Waals surface area contributed by atoms with Crippen LogP contribution in [0.3, 0.4) is 0 Å². The predicted molar refractivity (Wildman–Crippen MR) is 117 cm³/mol. The van der Waals surface area contributed by atoms with Crippen molar-refractivity contribution in [2.45, 2.75) is 44.2 Å². The van der Waals surface area contributed by atoms with Gasteiger partial charge in [-0.25, -0.2) is 35.2 Å². The molecule has 198 valence electrons. The molecule has 0 radical (unpaired) electrons. The average molecular weight is 539 g/mol. The lowest BCUT2D eigenvalue weighted by Crippen LogP contribution is -2.44. The van der Waals surface area contributed by atoms with Gasteiger partial charge in [0.25, 0.3) is 10.0 Å². The monoisotopic (exact) mass is 539 g/mol. The summed E-state index contributed by atoms with van der Waals surface area (Å²) in [6.45, 7) is 6.16. The first-order valence-corrected chi connectivity index (χ1v) is 11.5. The highest BCUT2D eigenvalue weighted by atomic mass is 32.2. The number of alkyl carbamates (subject to hydrolysis) is 1. The van der Waals surface area contributed by atoms with E-state index in [1.54, 1.807) is 25.5 Å². The number of hydrogen-bond acceptors (Lipinski definition) is 6. The summed E-state index contributed by atoms with van der Waals surface area (Å²) >= 11 is 0. The van der Waals surface area contributed by atoms with Crippen LogP contribution in [-0.4, -0.2) is 39.2 Å². The molecule has 0 aromatic heterocycles. The van der Waals surface area contributed by atoms with Crippen LogP contribution in [0.4, 0.5) is 38.1 Å². The number of sulfonamides is 1. The maximum absolute atomic E-state index is 14.0. The first-order valence-electron chi connectivity index (χ1n) is 10.0. The van der Waals surface area contributed by atoms with Gasteiger partial charge in [-0.05, 0) is 45.9 Å². The Morgan fingerprint density at radius 2 is 1.47 bits per heavy atom. The summed E-state index contributed by atoms with van der Waals surface area (Å²) in [5, 5.41) is 4.64. The normalized spacial score (nSPS) is 12.5. The van der Waals surface area contributed by atoms with Crippen LogP contribution >= 0.6 is 0 Å². The van der Waals surface area contributed by atoms with Crippen molar-refractivity contribution in [1.29, 1.82) is 0 Å². The summed E-state index contributed by atoms with van der Waals surface area (Å²) in [4.78, 5) is 22.3. The lowest BCUT2D eigenvalue weighted by molar-refractivity contribution is -0.117. The van der Waals surface area contributed by atoms with E-state index >= 15 is 0 Å². The van der Waals surface area contributed by atoms with E-state index in [9.17, 15) is 40.0 Å². The second kappa shape index (κ2) is 10.6. The number of hydrogen-bond donors (Lipinski definition) is 3. The minimum atomic E-state index is -5.32. The number of methoxy groups -OCH3 is 1. The molecule has 36 heavy (non-hydrogen) atoms. The number of amides is 2. The van der Waals surface area contributed by atoms with Gasteiger partial charge in [0.1, 0.15) is 17.4 Å². The number of carbonyl (C=O) groups excluding carboxylic acids is 2. The number of rotatable bonds is 7. The molecule has 0 fully saturated rings. The lowest BCUT2D eigenvalue weighted by Gasteiger charge is -2.22. The molecule has 2 aromatic carbocycles. The third kappa shape index (κ3) is 6.53. The molecule has 2 amide bonds. The SMILES string of the molecule is COc1ccc(NS(=O)(=O)c2c(F)c(F)c(F)c(F)c2F)cc1NC(=O)[C@H](C)NC(=O)OC(C)(C)C. The predicted octanol–water partition coefficient (Wildman–Crippen LogP) is 4.04. The zero-order chi connectivity index (χ0) is 27.6. The van der Waals surface area contributed by atoms with Crippen LogP contribution in [0.1, 0.15) is 27.7 Å². The minimum absolute atomic E-state index is 0.00648. The minimum Gasteiger partial charge on any atom is -0.495 e. The van der Waals surface area contributed by atoms with Gasteiger partial charge < -0.3 is 20.1 Å². The molecule has 0 aliphatic rings. The Balaban J connectivity index is 2.32. The van der Waals surface area contributed by atoms with Crippen molar-refractivity contribution in [1.82, 2.24) is 5.32 Å². The topological polar surface area (TPSA) is 123 Å². The number of halogens is 5. The van der Waals surface area contributed by atoms with Crippen molar-refractivity contribution < 1.29 is 49.4 Å². The fourth-order valence-electron chi connectivity index (χ4n) is 2.69. The van der Waals surface area contributed by atoms with Crippen molar-refractivity contribution in [2.24, 2.45) is 0 Å². The maximum Gasteiger partial charge on any atom is 0.408 e. The first kappa shape index (κ1) is 28.6. The number of carbonyl (C=O) groups is 2. The molecule has 0 aliphatic heterocycles. The zero-order valence-electron chi connectivity index (χ0n) is 19.6. The van der Waals surface area contributed by atoms with E-state index in [0.717, 1.165) is 18.2 Å². The molecule has 9 nitrogen and oxygen atoms in total. The number of anilines is 2. The lowest BCUT2D eigenvalue weighted by atomic mass is 10.2. The largest absolute Gasteiger partial charge is 0.495 e. The highest BCUT2D eigenvalue weighted by Gasteiger charge is 2.34. The van der Waals surface area contributed by atoms with E-state index < -0.39 is 73.3 Å². The molecule has 0 bridgehead atoms. The van der Waals surface area contributed by atoms with Crippen LogP contribution in [0.2, 0.25) is 0 Å². The molecule has 1 atom stereocenters. The molecule has 0 aliphatic carbocycles. The van der Waals surface area contributed by atoms with E-state index in [-0.39, 0.29) is 11.4 Å². The summed E-state index contributed by atoms with van der Waals surface area (Å²) in [7, 11) is -4.11. The zero-order valence-corrected chi connectivity index (χ0v) is 20.4. The molecule has 2 aromatic rings. The van der Waals surface area contributed by atoms with Gasteiger partial charge in [-0.2, -0.15) is 0 Å². The van der Waals surface area contributed by atoms with Gasteiger partial charge in [0.05, 0.1) is 18.5 Å². The Morgan fingerprint density at radius 3 is 1.97 bits per heavy atom. The van der Waals surface area contributed by atoms with Crippen LogP contribution in [0.25, 0.3) is 0 Å². The van der Waals surface area contributed by atoms with Crippen molar-refractivity contribution in [3.63, 3.8) is 0 Å². The molecule has 0 saturated heterocycles. The van der Waals surface area contributed by atoms with E-state index in [1.807, 2.05) is 0 Å². The third-order valence-electron chi connectivity index (χ3n) is 4.27. The summed E-state index contributed by atoms with van der Waals surface area (Å²) < 4.78 is 105. The molecule has 0 spiro atoms.